The van der Waals surface area contributed by atoms with Crippen LogP contribution in [0.3, 0.4) is 0 Å². The van der Waals surface area contributed by atoms with Crippen molar-refractivity contribution < 1.29 is 4.74 Å². The zero-order valence-electron chi connectivity index (χ0n) is 18.6. The fraction of sp³-hybridized carbons (Fsp3) is 0.333. The van der Waals surface area contributed by atoms with E-state index in [1.54, 1.807) is 13.3 Å². The standard InChI is InChI=1S/C24H30N6O.HI/c1-25-24(26-15-12-19-8-10-21(11-9-19)30-16-5-14-27-30)28-20-13-17-29(18-20)22-6-3-4-7-23(22)31-2;/h3-11,14,16,20H,12-13,15,17-18H2,1-2H3,(H2,25,26,28);1H. The van der Waals surface area contributed by atoms with Gasteiger partial charge in [0.1, 0.15) is 5.75 Å². The fourth-order valence-electron chi connectivity index (χ4n) is 3.94. The number of anilines is 1. The predicted molar refractivity (Wildman–Crippen MR) is 141 cm³/mol. The topological polar surface area (TPSA) is 66.7 Å². The highest BCUT2D eigenvalue weighted by atomic mass is 127. The summed E-state index contributed by atoms with van der Waals surface area (Å²) >= 11 is 0. The SMILES string of the molecule is CN=C(NCCc1ccc(-n2cccn2)cc1)NC1CCN(c2ccccc2OC)C1.I. The van der Waals surface area contributed by atoms with E-state index < -0.39 is 0 Å². The summed E-state index contributed by atoms with van der Waals surface area (Å²) in [4.78, 5) is 6.77. The van der Waals surface area contributed by atoms with Gasteiger partial charge in [-0.3, -0.25) is 4.99 Å². The molecule has 2 heterocycles. The van der Waals surface area contributed by atoms with Gasteiger partial charge >= 0.3 is 0 Å². The number of aromatic nitrogens is 2. The van der Waals surface area contributed by atoms with Crippen LogP contribution in [0, 0.1) is 0 Å². The van der Waals surface area contributed by atoms with Gasteiger partial charge in [-0.1, -0.05) is 24.3 Å². The summed E-state index contributed by atoms with van der Waals surface area (Å²) in [7, 11) is 3.54. The Labute approximate surface area is 206 Å². The van der Waals surface area contributed by atoms with Crippen molar-refractivity contribution >= 4 is 35.6 Å². The van der Waals surface area contributed by atoms with Crippen molar-refractivity contribution in [1.29, 1.82) is 0 Å². The van der Waals surface area contributed by atoms with Crippen LogP contribution in [0.25, 0.3) is 5.69 Å². The minimum atomic E-state index is 0. The largest absolute Gasteiger partial charge is 0.495 e. The zero-order chi connectivity index (χ0) is 21.5. The number of rotatable bonds is 7. The lowest BCUT2D eigenvalue weighted by Crippen LogP contribution is -2.45. The number of benzene rings is 2. The third-order valence-corrected chi connectivity index (χ3v) is 5.59. The summed E-state index contributed by atoms with van der Waals surface area (Å²) in [5.41, 5.74) is 3.50. The van der Waals surface area contributed by atoms with E-state index in [0.717, 1.165) is 55.6 Å². The molecule has 0 bridgehead atoms. The molecule has 1 aliphatic rings. The molecule has 1 fully saturated rings. The number of para-hydroxylation sites is 2. The van der Waals surface area contributed by atoms with E-state index in [-0.39, 0.29) is 24.0 Å². The number of guanidine groups is 1. The van der Waals surface area contributed by atoms with Crippen molar-refractivity contribution in [3.8, 4) is 11.4 Å². The Bertz CT molecular complexity index is 990. The first-order valence-electron chi connectivity index (χ1n) is 10.7. The lowest BCUT2D eigenvalue weighted by Gasteiger charge is -2.22. The minimum absolute atomic E-state index is 0. The normalized spacial score (nSPS) is 15.9. The van der Waals surface area contributed by atoms with Gasteiger partial charge in [0.2, 0.25) is 0 Å². The van der Waals surface area contributed by atoms with Crippen LogP contribution in [0.1, 0.15) is 12.0 Å². The third kappa shape index (κ3) is 5.93. The van der Waals surface area contributed by atoms with E-state index in [0.29, 0.717) is 6.04 Å². The molecule has 0 amide bonds. The molecule has 2 N–H and O–H groups in total. The van der Waals surface area contributed by atoms with Gasteiger partial charge in [-0.15, -0.1) is 24.0 Å². The molecule has 1 aliphatic heterocycles. The van der Waals surface area contributed by atoms with Crippen LogP contribution in [0.2, 0.25) is 0 Å². The monoisotopic (exact) mass is 546 g/mol. The molecule has 0 saturated carbocycles. The van der Waals surface area contributed by atoms with Gasteiger partial charge in [0.25, 0.3) is 0 Å². The van der Waals surface area contributed by atoms with Gasteiger partial charge in [-0.05, 0) is 48.7 Å². The summed E-state index contributed by atoms with van der Waals surface area (Å²) < 4.78 is 7.38. The molecule has 170 valence electrons. The molecular weight excluding hydrogens is 515 g/mol. The van der Waals surface area contributed by atoms with Gasteiger partial charge < -0.3 is 20.3 Å². The van der Waals surface area contributed by atoms with E-state index in [1.807, 2.05) is 36.1 Å². The van der Waals surface area contributed by atoms with E-state index in [1.165, 1.54) is 5.56 Å². The fourth-order valence-corrected chi connectivity index (χ4v) is 3.94. The van der Waals surface area contributed by atoms with Gasteiger partial charge in [-0.25, -0.2) is 4.68 Å². The number of methoxy groups -OCH3 is 1. The Hall–Kier alpha value is -2.75. The first kappa shape index (κ1) is 23.9. The Kier molecular flexibility index (Phi) is 8.78. The summed E-state index contributed by atoms with van der Waals surface area (Å²) in [6.07, 6.45) is 5.73. The lowest BCUT2D eigenvalue weighted by molar-refractivity contribution is 0.415. The highest BCUT2D eigenvalue weighted by Crippen LogP contribution is 2.30. The summed E-state index contributed by atoms with van der Waals surface area (Å²) in [5.74, 6) is 1.77. The minimum Gasteiger partial charge on any atom is -0.495 e. The Morgan fingerprint density at radius 1 is 1.16 bits per heavy atom. The molecule has 1 atom stereocenters. The number of nitrogens with one attached hydrogen (secondary N) is 2. The van der Waals surface area contributed by atoms with Crippen molar-refractivity contribution in [1.82, 2.24) is 20.4 Å². The van der Waals surface area contributed by atoms with Crippen molar-refractivity contribution in [2.45, 2.75) is 18.9 Å². The Morgan fingerprint density at radius 3 is 2.69 bits per heavy atom. The highest BCUT2D eigenvalue weighted by molar-refractivity contribution is 14.0. The van der Waals surface area contributed by atoms with Gasteiger partial charge in [-0.2, -0.15) is 5.10 Å². The molecule has 2 aromatic carbocycles. The van der Waals surface area contributed by atoms with E-state index in [9.17, 15) is 0 Å². The predicted octanol–water partition coefficient (Wildman–Crippen LogP) is 3.49. The van der Waals surface area contributed by atoms with Gasteiger partial charge in [0.05, 0.1) is 18.5 Å². The molecular formula is C24H31IN6O. The quantitative estimate of drug-likeness (QED) is 0.270. The van der Waals surface area contributed by atoms with Crippen LogP contribution in [0.5, 0.6) is 5.75 Å². The summed E-state index contributed by atoms with van der Waals surface area (Å²) in [5, 5.41) is 11.3. The maximum absolute atomic E-state index is 5.52. The number of nitrogens with zero attached hydrogens (tertiary/aromatic N) is 4. The molecule has 0 radical (unpaired) electrons. The van der Waals surface area contributed by atoms with Crippen LogP contribution >= 0.6 is 24.0 Å². The van der Waals surface area contributed by atoms with Crippen LogP contribution < -0.4 is 20.3 Å². The maximum Gasteiger partial charge on any atom is 0.191 e. The van der Waals surface area contributed by atoms with Gasteiger partial charge in [0, 0.05) is 45.1 Å². The first-order valence-corrected chi connectivity index (χ1v) is 10.7. The smallest absolute Gasteiger partial charge is 0.191 e. The van der Waals surface area contributed by atoms with Crippen molar-refractivity contribution in [2.75, 3.05) is 38.7 Å². The van der Waals surface area contributed by atoms with E-state index in [2.05, 4.69) is 62.0 Å². The van der Waals surface area contributed by atoms with Crippen LogP contribution in [0.15, 0.2) is 72.0 Å². The number of aliphatic imine (C=N–C) groups is 1. The average molecular weight is 546 g/mol. The van der Waals surface area contributed by atoms with Gasteiger partial charge in [0.15, 0.2) is 5.96 Å². The van der Waals surface area contributed by atoms with Crippen molar-refractivity contribution in [3.63, 3.8) is 0 Å². The molecule has 1 aromatic heterocycles. The third-order valence-electron chi connectivity index (χ3n) is 5.59. The molecule has 4 rings (SSSR count). The second-order valence-electron chi connectivity index (χ2n) is 7.61. The highest BCUT2D eigenvalue weighted by Gasteiger charge is 2.25. The first-order chi connectivity index (χ1) is 15.3. The second-order valence-corrected chi connectivity index (χ2v) is 7.61. The second kappa shape index (κ2) is 11.8. The summed E-state index contributed by atoms with van der Waals surface area (Å²) in [6.45, 7) is 2.75. The molecule has 7 nitrogen and oxygen atoms in total. The molecule has 8 heteroatoms. The molecule has 32 heavy (non-hydrogen) atoms. The molecule has 0 aliphatic carbocycles. The molecule has 0 spiro atoms. The van der Waals surface area contributed by atoms with E-state index >= 15 is 0 Å². The Balaban J connectivity index is 0.00000289. The van der Waals surface area contributed by atoms with Crippen molar-refractivity contribution in [3.05, 3.63) is 72.6 Å². The lowest BCUT2D eigenvalue weighted by atomic mass is 10.1. The molecule has 1 saturated heterocycles. The molecule has 3 aromatic rings. The average Bonchev–Trinajstić information content (AvgIpc) is 3.51. The number of hydrogen-bond donors (Lipinski definition) is 2. The van der Waals surface area contributed by atoms with Crippen molar-refractivity contribution in [2.24, 2.45) is 4.99 Å². The van der Waals surface area contributed by atoms with Crippen LogP contribution in [-0.4, -0.2) is 55.6 Å². The summed E-state index contributed by atoms with van der Waals surface area (Å²) in [6, 6.07) is 19.0. The number of halogens is 1. The number of ether oxygens (including phenoxy) is 1. The van der Waals surface area contributed by atoms with Crippen LogP contribution in [0.4, 0.5) is 5.69 Å². The van der Waals surface area contributed by atoms with Crippen LogP contribution in [-0.2, 0) is 6.42 Å². The number of hydrogen-bond acceptors (Lipinski definition) is 4. The zero-order valence-corrected chi connectivity index (χ0v) is 20.9. The maximum atomic E-state index is 5.52. The molecule has 1 unspecified atom stereocenters. The Morgan fingerprint density at radius 2 is 1.97 bits per heavy atom. The van der Waals surface area contributed by atoms with E-state index in [4.69, 9.17) is 4.74 Å².